The smallest absolute Gasteiger partial charge is 0.340 e. The predicted octanol–water partition coefficient (Wildman–Crippen LogP) is 5.55. The predicted molar refractivity (Wildman–Crippen MR) is 165 cm³/mol. The first-order valence-corrected chi connectivity index (χ1v) is 16.5. The van der Waals surface area contributed by atoms with E-state index < -0.39 is 21.4 Å². The Labute approximate surface area is 255 Å². The van der Waals surface area contributed by atoms with E-state index in [-0.39, 0.29) is 40.4 Å². The summed E-state index contributed by atoms with van der Waals surface area (Å²) in [7, 11) is -3.41. The van der Waals surface area contributed by atoms with Crippen molar-refractivity contribution in [2.24, 2.45) is 5.92 Å². The molecule has 0 spiro atoms. The lowest BCUT2D eigenvalue weighted by Crippen LogP contribution is -2.39. The lowest BCUT2D eigenvalue weighted by molar-refractivity contribution is -0.120. The molecule has 0 unspecified atom stereocenters. The molecule has 2 aromatic carbocycles. The number of esters is 1. The fourth-order valence-electron chi connectivity index (χ4n) is 4.74. The van der Waals surface area contributed by atoms with Crippen LogP contribution in [0.1, 0.15) is 59.2 Å². The lowest BCUT2D eigenvalue weighted by Gasteiger charge is -2.34. The molecule has 0 saturated carbocycles. The summed E-state index contributed by atoms with van der Waals surface area (Å²) in [5.74, 6) is -1.55. The molecule has 2 amide bonds. The fourth-order valence-corrected chi connectivity index (χ4v) is 6.60. The van der Waals surface area contributed by atoms with Gasteiger partial charge in [0.1, 0.15) is 5.60 Å². The number of rotatable bonds is 8. The molecule has 0 radical (unpaired) electrons. The average molecular weight is 632 g/mol. The van der Waals surface area contributed by atoms with Crippen molar-refractivity contribution in [3.63, 3.8) is 0 Å². The number of benzene rings is 2. The molecule has 1 aliphatic heterocycles. The van der Waals surface area contributed by atoms with Gasteiger partial charge in [-0.15, -0.1) is 11.3 Å². The van der Waals surface area contributed by atoms with Crippen LogP contribution in [0.25, 0.3) is 0 Å². The van der Waals surface area contributed by atoms with E-state index in [4.69, 9.17) is 16.3 Å². The number of nitrogens with one attached hydrogen (secondary N) is 2. The van der Waals surface area contributed by atoms with Crippen LogP contribution in [-0.2, 0) is 25.9 Å². The number of sulfone groups is 1. The van der Waals surface area contributed by atoms with Gasteiger partial charge in [0, 0.05) is 31.8 Å². The van der Waals surface area contributed by atoms with E-state index in [9.17, 15) is 22.8 Å². The number of piperidine rings is 1. The number of carbonyl (C=O) groups is 3. The second kappa shape index (κ2) is 12.8. The van der Waals surface area contributed by atoms with Gasteiger partial charge >= 0.3 is 5.97 Å². The molecular formula is C30H34ClN3O6S2. The van der Waals surface area contributed by atoms with Gasteiger partial charge < -0.3 is 20.3 Å². The maximum atomic E-state index is 13.5. The summed E-state index contributed by atoms with van der Waals surface area (Å²) >= 11 is 7.12. The average Bonchev–Trinajstić information content (AvgIpc) is 3.37. The van der Waals surface area contributed by atoms with Crippen molar-refractivity contribution in [1.82, 2.24) is 5.32 Å². The third-order valence-electron chi connectivity index (χ3n) is 6.73. The van der Waals surface area contributed by atoms with Crippen LogP contribution in [0.4, 0.5) is 11.4 Å². The van der Waals surface area contributed by atoms with Gasteiger partial charge in [-0.3, -0.25) is 9.59 Å². The van der Waals surface area contributed by atoms with Crippen molar-refractivity contribution >= 4 is 61.9 Å². The van der Waals surface area contributed by atoms with Gasteiger partial charge in [-0.1, -0.05) is 35.9 Å². The molecule has 3 aromatic rings. The van der Waals surface area contributed by atoms with Gasteiger partial charge in [-0.2, -0.15) is 0 Å². The molecule has 224 valence electrons. The van der Waals surface area contributed by atoms with Gasteiger partial charge in [-0.25, -0.2) is 13.2 Å². The number of nitrogens with zero attached hydrogens (tertiary/aromatic N) is 1. The van der Waals surface area contributed by atoms with Crippen LogP contribution in [0.3, 0.4) is 0 Å². The van der Waals surface area contributed by atoms with Crippen LogP contribution in [-0.4, -0.2) is 51.1 Å². The zero-order valence-electron chi connectivity index (χ0n) is 23.9. The number of halogens is 1. The van der Waals surface area contributed by atoms with Crippen LogP contribution in [0, 0.1) is 5.92 Å². The van der Waals surface area contributed by atoms with Crippen LogP contribution < -0.4 is 15.5 Å². The zero-order chi connectivity index (χ0) is 30.7. The Morgan fingerprint density at radius 2 is 1.71 bits per heavy atom. The van der Waals surface area contributed by atoms with E-state index in [0.717, 1.165) is 11.3 Å². The van der Waals surface area contributed by atoms with Crippen molar-refractivity contribution in [1.29, 1.82) is 0 Å². The monoisotopic (exact) mass is 631 g/mol. The molecule has 9 nitrogen and oxygen atoms in total. The number of ether oxygens (including phenoxy) is 1. The summed E-state index contributed by atoms with van der Waals surface area (Å²) in [4.78, 5) is 42.0. The van der Waals surface area contributed by atoms with Gasteiger partial charge in [-0.05, 0) is 69.5 Å². The molecule has 1 saturated heterocycles. The maximum Gasteiger partial charge on any atom is 0.340 e. The number of para-hydroxylation sites is 2. The molecule has 12 heteroatoms. The highest BCUT2D eigenvalue weighted by Gasteiger charge is 2.30. The summed E-state index contributed by atoms with van der Waals surface area (Å²) in [6.07, 6.45) is 2.16. The Balaban J connectivity index is 1.53. The Morgan fingerprint density at radius 3 is 2.33 bits per heavy atom. The fraction of sp³-hybridized carbons (Fsp3) is 0.367. The van der Waals surface area contributed by atoms with Crippen LogP contribution in [0.15, 0.2) is 59.5 Å². The highest BCUT2D eigenvalue weighted by Crippen LogP contribution is 2.31. The van der Waals surface area contributed by atoms with Crippen molar-refractivity contribution in [2.45, 2.75) is 50.7 Å². The van der Waals surface area contributed by atoms with E-state index in [1.165, 1.54) is 6.26 Å². The van der Waals surface area contributed by atoms with E-state index in [1.54, 1.807) is 75.4 Å². The van der Waals surface area contributed by atoms with Crippen molar-refractivity contribution in [2.75, 3.05) is 29.6 Å². The highest BCUT2D eigenvalue weighted by molar-refractivity contribution is 7.90. The van der Waals surface area contributed by atoms with Crippen LogP contribution >= 0.6 is 22.9 Å². The number of thiophene rings is 1. The SMILES string of the molecule is CC(C)(C)OC(=O)c1cccc(CNC(=O)c2ccc(Cl)s2)c1NC(=O)C1CCN(c2ccccc2S(C)(=O)=O)CC1. The number of anilines is 2. The molecule has 1 aliphatic rings. The first-order chi connectivity index (χ1) is 19.7. The largest absolute Gasteiger partial charge is 0.456 e. The number of hydrogen-bond donors (Lipinski definition) is 2. The molecule has 2 N–H and O–H groups in total. The van der Waals surface area contributed by atoms with Crippen molar-refractivity contribution in [3.05, 3.63) is 74.9 Å². The van der Waals surface area contributed by atoms with E-state index in [0.29, 0.717) is 46.4 Å². The summed E-state index contributed by atoms with van der Waals surface area (Å²) in [6.45, 7) is 6.32. The Hall–Kier alpha value is -3.41. The Morgan fingerprint density at radius 1 is 1.02 bits per heavy atom. The minimum atomic E-state index is -3.41. The standard InChI is InChI=1S/C30H34ClN3O6S2/c1-30(2,3)40-29(37)21-9-7-8-20(18-32-28(36)23-12-13-25(31)41-23)26(21)33-27(35)19-14-16-34(17-15-19)22-10-5-6-11-24(22)42(4,38)39/h5-13,19H,14-18H2,1-4H3,(H,32,36)(H,33,35). The molecule has 4 rings (SSSR count). The second-order valence-corrected chi connectivity index (χ2v) is 14.8. The third kappa shape index (κ3) is 7.90. The van der Waals surface area contributed by atoms with Crippen LogP contribution in [0.5, 0.6) is 0 Å². The van der Waals surface area contributed by atoms with E-state index in [2.05, 4.69) is 10.6 Å². The Bertz CT molecular complexity index is 1590. The van der Waals surface area contributed by atoms with Crippen molar-refractivity contribution in [3.8, 4) is 0 Å². The molecule has 0 aliphatic carbocycles. The first-order valence-electron chi connectivity index (χ1n) is 13.5. The van der Waals surface area contributed by atoms with Gasteiger partial charge in [0.2, 0.25) is 5.91 Å². The molecule has 1 fully saturated rings. The summed E-state index contributed by atoms with van der Waals surface area (Å²) in [5.41, 5.74) is 0.882. The minimum Gasteiger partial charge on any atom is -0.456 e. The molecule has 1 aromatic heterocycles. The summed E-state index contributed by atoms with van der Waals surface area (Å²) < 4.78 is 30.7. The van der Waals surface area contributed by atoms with Crippen LogP contribution in [0.2, 0.25) is 4.34 Å². The summed E-state index contributed by atoms with van der Waals surface area (Å²) in [5, 5.41) is 5.78. The second-order valence-electron chi connectivity index (χ2n) is 11.1. The molecule has 0 atom stereocenters. The Kier molecular flexibility index (Phi) is 9.64. The maximum absolute atomic E-state index is 13.5. The molecule has 2 heterocycles. The summed E-state index contributed by atoms with van der Waals surface area (Å²) in [6, 6.07) is 15.1. The number of hydrogen-bond acceptors (Lipinski definition) is 8. The minimum absolute atomic E-state index is 0.0569. The number of carbonyl (C=O) groups excluding carboxylic acids is 3. The quantitative estimate of drug-likeness (QED) is 0.313. The first kappa shape index (κ1) is 31.5. The van der Waals surface area contributed by atoms with Gasteiger partial charge in [0.25, 0.3) is 5.91 Å². The normalized spacial score (nSPS) is 14.4. The highest BCUT2D eigenvalue weighted by atomic mass is 35.5. The van der Waals surface area contributed by atoms with Gasteiger partial charge in [0.05, 0.1) is 31.0 Å². The molecular weight excluding hydrogens is 598 g/mol. The van der Waals surface area contributed by atoms with E-state index in [1.807, 2.05) is 4.90 Å². The lowest BCUT2D eigenvalue weighted by atomic mass is 9.94. The zero-order valence-corrected chi connectivity index (χ0v) is 26.3. The topological polar surface area (TPSA) is 122 Å². The van der Waals surface area contributed by atoms with Crippen molar-refractivity contribution < 1.29 is 27.5 Å². The molecule has 0 bridgehead atoms. The van der Waals surface area contributed by atoms with E-state index >= 15 is 0 Å². The molecule has 42 heavy (non-hydrogen) atoms. The third-order valence-corrected chi connectivity index (χ3v) is 9.10. The van der Waals surface area contributed by atoms with Gasteiger partial charge in [0.15, 0.2) is 9.84 Å². The number of amides is 2.